The average Bonchev–Trinajstić information content (AvgIpc) is 2.95. The second kappa shape index (κ2) is 3.50. The number of fused-ring (bicyclic) bond motifs is 2. The van der Waals surface area contributed by atoms with Gasteiger partial charge in [-0.25, -0.2) is 0 Å². The molecule has 2 aliphatic carbocycles. The lowest BCUT2D eigenvalue weighted by molar-refractivity contribution is -0.163. The zero-order valence-electron chi connectivity index (χ0n) is 11.9. The molecule has 3 heteroatoms. The Hall–Kier alpha value is -0.120. The highest BCUT2D eigenvalue weighted by atomic mass is 16.6. The molecular weight excluding hydrogens is 228 g/mol. The number of aliphatic hydroxyl groups excluding tert-OH is 2. The minimum Gasteiger partial charge on any atom is -0.392 e. The van der Waals surface area contributed by atoms with Crippen molar-refractivity contribution in [3.63, 3.8) is 0 Å². The molecular formula is C15H26O3. The zero-order valence-corrected chi connectivity index (χ0v) is 11.9. The molecule has 0 amide bonds. The van der Waals surface area contributed by atoms with Crippen LogP contribution in [0.4, 0.5) is 0 Å². The summed E-state index contributed by atoms with van der Waals surface area (Å²) in [7, 11) is 0. The maximum absolute atomic E-state index is 10.7. The lowest BCUT2D eigenvalue weighted by Gasteiger charge is -2.54. The van der Waals surface area contributed by atoms with Crippen molar-refractivity contribution in [1.82, 2.24) is 0 Å². The summed E-state index contributed by atoms with van der Waals surface area (Å²) in [5.41, 5.74) is -0.363. The molecule has 1 aliphatic heterocycles. The van der Waals surface area contributed by atoms with E-state index in [1.165, 1.54) is 0 Å². The molecule has 3 aliphatic rings. The van der Waals surface area contributed by atoms with Crippen LogP contribution in [0.1, 0.15) is 53.4 Å². The fourth-order valence-electron chi connectivity index (χ4n) is 4.79. The quantitative estimate of drug-likeness (QED) is 0.651. The largest absolute Gasteiger partial charge is 0.392 e. The van der Waals surface area contributed by atoms with E-state index in [0.717, 1.165) is 25.7 Å². The molecule has 3 nitrogen and oxygen atoms in total. The SMILES string of the molecule is CC1(C)CC[C@@H](O)[C@]2(C)[C@@H](O)[C@@H]3O[C@]3(C)CC[C@@H]12. The molecule has 104 valence electrons. The van der Waals surface area contributed by atoms with Crippen molar-refractivity contribution < 1.29 is 14.9 Å². The van der Waals surface area contributed by atoms with Gasteiger partial charge in [0, 0.05) is 5.41 Å². The van der Waals surface area contributed by atoms with Crippen LogP contribution in [0.2, 0.25) is 0 Å². The predicted molar refractivity (Wildman–Crippen MR) is 69.1 cm³/mol. The van der Waals surface area contributed by atoms with E-state index in [2.05, 4.69) is 27.7 Å². The summed E-state index contributed by atoms with van der Waals surface area (Å²) < 4.78 is 5.73. The molecule has 2 saturated carbocycles. The fourth-order valence-corrected chi connectivity index (χ4v) is 4.79. The molecule has 0 radical (unpaired) electrons. The van der Waals surface area contributed by atoms with Crippen LogP contribution in [-0.2, 0) is 4.74 Å². The summed E-state index contributed by atoms with van der Waals surface area (Å²) in [5.74, 6) is 0.372. The van der Waals surface area contributed by atoms with Gasteiger partial charge >= 0.3 is 0 Å². The maximum atomic E-state index is 10.7. The van der Waals surface area contributed by atoms with E-state index in [9.17, 15) is 10.2 Å². The minimum absolute atomic E-state index is 0.0731. The van der Waals surface area contributed by atoms with E-state index in [-0.39, 0.29) is 17.1 Å². The minimum atomic E-state index is -0.537. The van der Waals surface area contributed by atoms with Crippen molar-refractivity contribution >= 4 is 0 Å². The van der Waals surface area contributed by atoms with Gasteiger partial charge in [-0.05, 0) is 43.9 Å². The summed E-state index contributed by atoms with van der Waals surface area (Å²) in [6, 6.07) is 0. The van der Waals surface area contributed by atoms with Crippen molar-refractivity contribution in [3.05, 3.63) is 0 Å². The highest BCUT2D eigenvalue weighted by molar-refractivity contribution is 5.16. The Morgan fingerprint density at radius 2 is 1.67 bits per heavy atom. The molecule has 3 fully saturated rings. The van der Waals surface area contributed by atoms with Gasteiger partial charge in [-0.3, -0.25) is 0 Å². The summed E-state index contributed by atoms with van der Waals surface area (Å²) in [4.78, 5) is 0. The lowest BCUT2D eigenvalue weighted by Crippen LogP contribution is -2.57. The molecule has 1 saturated heterocycles. The number of aliphatic hydroxyl groups is 2. The van der Waals surface area contributed by atoms with Crippen molar-refractivity contribution in [2.45, 2.75) is 77.3 Å². The molecule has 0 unspecified atom stereocenters. The van der Waals surface area contributed by atoms with E-state index in [1.54, 1.807) is 0 Å². The smallest absolute Gasteiger partial charge is 0.113 e. The molecule has 0 aromatic heterocycles. The van der Waals surface area contributed by atoms with Crippen LogP contribution in [0.15, 0.2) is 0 Å². The molecule has 0 spiro atoms. The second-order valence-corrected chi connectivity index (χ2v) is 7.80. The fraction of sp³-hybridized carbons (Fsp3) is 1.00. The Balaban J connectivity index is 2.01. The molecule has 0 bridgehead atoms. The number of ether oxygens (including phenoxy) is 1. The normalized spacial score (nSPS) is 58.3. The Labute approximate surface area is 110 Å². The van der Waals surface area contributed by atoms with Gasteiger partial charge in [-0.2, -0.15) is 0 Å². The van der Waals surface area contributed by atoms with Crippen LogP contribution in [0.5, 0.6) is 0 Å². The highest BCUT2D eigenvalue weighted by Crippen LogP contribution is 2.62. The van der Waals surface area contributed by atoms with Gasteiger partial charge in [0.15, 0.2) is 0 Å². The van der Waals surface area contributed by atoms with Crippen molar-refractivity contribution in [2.75, 3.05) is 0 Å². The van der Waals surface area contributed by atoms with E-state index < -0.39 is 17.6 Å². The first-order valence-corrected chi connectivity index (χ1v) is 7.26. The first kappa shape index (κ1) is 12.9. The average molecular weight is 254 g/mol. The Morgan fingerprint density at radius 3 is 2.33 bits per heavy atom. The van der Waals surface area contributed by atoms with E-state index in [4.69, 9.17) is 4.74 Å². The zero-order chi connectivity index (χ0) is 13.3. The van der Waals surface area contributed by atoms with Crippen molar-refractivity contribution in [1.29, 1.82) is 0 Å². The monoisotopic (exact) mass is 254 g/mol. The third-order valence-corrected chi connectivity index (χ3v) is 6.27. The standard InChI is InChI=1S/C15H26O3/c1-13(2)7-6-10(16)15(4)9(13)5-8-14(3)12(18-14)11(15)17/h9-12,16-17H,5-8H2,1-4H3/t9-,10+,11-,12-,14+,15+/m0/s1. The van der Waals surface area contributed by atoms with E-state index in [0.29, 0.717) is 5.92 Å². The summed E-state index contributed by atoms with van der Waals surface area (Å²) in [6.07, 6.45) is 2.87. The van der Waals surface area contributed by atoms with Crippen molar-refractivity contribution in [2.24, 2.45) is 16.7 Å². The van der Waals surface area contributed by atoms with Crippen LogP contribution < -0.4 is 0 Å². The van der Waals surface area contributed by atoms with Gasteiger partial charge in [0.2, 0.25) is 0 Å². The molecule has 18 heavy (non-hydrogen) atoms. The summed E-state index contributed by atoms with van der Waals surface area (Å²) >= 11 is 0. The Morgan fingerprint density at radius 1 is 1.00 bits per heavy atom. The lowest BCUT2D eigenvalue weighted by atomic mass is 9.52. The Kier molecular flexibility index (Phi) is 2.51. The van der Waals surface area contributed by atoms with Gasteiger partial charge in [0.1, 0.15) is 6.10 Å². The molecule has 2 N–H and O–H groups in total. The Bertz CT molecular complexity index is 367. The number of epoxide rings is 1. The van der Waals surface area contributed by atoms with Gasteiger partial charge < -0.3 is 14.9 Å². The summed E-state index contributed by atoms with van der Waals surface area (Å²) in [6.45, 7) is 8.74. The third kappa shape index (κ3) is 1.47. The molecule has 1 heterocycles. The van der Waals surface area contributed by atoms with Crippen molar-refractivity contribution in [3.8, 4) is 0 Å². The highest BCUT2D eigenvalue weighted by Gasteiger charge is 2.67. The van der Waals surface area contributed by atoms with Crippen LogP contribution in [0.25, 0.3) is 0 Å². The number of rotatable bonds is 0. The van der Waals surface area contributed by atoms with E-state index >= 15 is 0 Å². The van der Waals surface area contributed by atoms with Gasteiger partial charge in [0.25, 0.3) is 0 Å². The van der Waals surface area contributed by atoms with Crippen LogP contribution in [0, 0.1) is 16.7 Å². The second-order valence-electron chi connectivity index (χ2n) is 7.80. The first-order chi connectivity index (χ1) is 8.22. The number of hydrogen-bond donors (Lipinski definition) is 2. The molecule has 0 aromatic rings. The van der Waals surface area contributed by atoms with Crippen LogP contribution in [0.3, 0.4) is 0 Å². The maximum Gasteiger partial charge on any atom is 0.113 e. The topological polar surface area (TPSA) is 53.0 Å². The predicted octanol–water partition coefficient (Wildman–Crippen LogP) is 2.10. The van der Waals surface area contributed by atoms with Crippen LogP contribution >= 0.6 is 0 Å². The molecule has 3 rings (SSSR count). The third-order valence-electron chi connectivity index (χ3n) is 6.27. The molecule has 6 atom stereocenters. The van der Waals surface area contributed by atoms with Gasteiger partial charge in [-0.1, -0.05) is 20.8 Å². The summed E-state index contributed by atoms with van der Waals surface area (Å²) in [5, 5.41) is 21.2. The first-order valence-electron chi connectivity index (χ1n) is 7.26. The number of hydrogen-bond acceptors (Lipinski definition) is 3. The van der Waals surface area contributed by atoms with Gasteiger partial charge in [0.05, 0.1) is 17.8 Å². The van der Waals surface area contributed by atoms with Crippen LogP contribution in [-0.4, -0.2) is 34.1 Å². The molecule has 0 aromatic carbocycles. The van der Waals surface area contributed by atoms with E-state index in [1.807, 2.05) is 0 Å². The van der Waals surface area contributed by atoms with Gasteiger partial charge in [-0.15, -0.1) is 0 Å².